The summed E-state index contributed by atoms with van der Waals surface area (Å²) in [6, 6.07) is 3.96. The number of nitrogens with zero attached hydrogens (tertiary/aromatic N) is 2. The molecule has 3 nitrogen and oxygen atoms in total. The second-order valence-corrected chi connectivity index (χ2v) is 5.45. The summed E-state index contributed by atoms with van der Waals surface area (Å²) >= 11 is 5.42. The van der Waals surface area contributed by atoms with Crippen LogP contribution in [0.15, 0.2) is 18.3 Å². The van der Waals surface area contributed by atoms with Crippen molar-refractivity contribution < 1.29 is 0 Å². The Balaban J connectivity index is 2.30. The third kappa shape index (κ3) is 1.33. The third-order valence-electron chi connectivity index (χ3n) is 3.60. The van der Waals surface area contributed by atoms with Crippen LogP contribution in [0.4, 0.5) is 0 Å². The molecule has 84 valence electrons. The lowest BCUT2D eigenvalue weighted by atomic mass is 9.98. The average molecular weight is 233 g/mol. The highest BCUT2D eigenvalue weighted by atomic mass is 32.1. The van der Waals surface area contributed by atoms with E-state index in [0.717, 1.165) is 21.9 Å². The molecule has 0 bridgehead atoms. The Morgan fingerprint density at radius 2 is 2.25 bits per heavy atom. The van der Waals surface area contributed by atoms with Crippen molar-refractivity contribution in [2.24, 2.45) is 5.92 Å². The van der Waals surface area contributed by atoms with Crippen LogP contribution in [-0.4, -0.2) is 14.5 Å². The molecule has 0 saturated heterocycles. The third-order valence-corrected chi connectivity index (χ3v) is 3.88. The molecule has 2 aromatic heterocycles. The molecule has 0 radical (unpaired) electrons. The summed E-state index contributed by atoms with van der Waals surface area (Å²) in [5.74, 6) is 0.736. The molecular formula is C12H15N3S. The van der Waals surface area contributed by atoms with E-state index in [0.29, 0.717) is 0 Å². The standard InChI is InChI=1S/C12H15N3S/c1-12(2,8-5-6-8)15-10-9(14-11(15)16)4-3-7-13-10/h3-4,7-8H,5-6H2,1-2H3,(H,14,16). The van der Waals surface area contributed by atoms with Crippen LogP contribution in [-0.2, 0) is 5.54 Å². The van der Waals surface area contributed by atoms with Gasteiger partial charge in [0.15, 0.2) is 10.4 Å². The van der Waals surface area contributed by atoms with E-state index in [-0.39, 0.29) is 5.54 Å². The van der Waals surface area contributed by atoms with Crippen molar-refractivity contribution in [1.82, 2.24) is 14.5 Å². The lowest BCUT2D eigenvalue weighted by Crippen LogP contribution is -2.29. The van der Waals surface area contributed by atoms with E-state index in [1.165, 1.54) is 12.8 Å². The number of hydrogen-bond donors (Lipinski definition) is 1. The first kappa shape index (κ1) is 10.0. The second kappa shape index (κ2) is 3.17. The quantitative estimate of drug-likeness (QED) is 0.808. The number of pyridine rings is 1. The number of nitrogens with one attached hydrogen (secondary N) is 1. The zero-order valence-electron chi connectivity index (χ0n) is 9.53. The van der Waals surface area contributed by atoms with Crippen LogP contribution >= 0.6 is 12.2 Å². The zero-order valence-corrected chi connectivity index (χ0v) is 10.3. The minimum Gasteiger partial charge on any atom is -0.329 e. The van der Waals surface area contributed by atoms with Crippen LogP contribution in [0.25, 0.3) is 11.2 Å². The van der Waals surface area contributed by atoms with E-state index >= 15 is 0 Å². The van der Waals surface area contributed by atoms with Gasteiger partial charge in [-0.15, -0.1) is 0 Å². The number of H-pyrrole nitrogens is 1. The van der Waals surface area contributed by atoms with Gasteiger partial charge in [-0.25, -0.2) is 4.98 Å². The van der Waals surface area contributed by atoms with Crippen molar-refractivity contribution in [3.05, 3.63) is 23.1 Å². The van der Waals surface area contributed by atoms with Crippen molar-refractivity contribution in [2.75, 3.05) is 0 Å². The molecular weight excluding hydrogens is 218 g/mol. The van der Waals surface area contributed by atoms with Crippen molar-refractivity contribution in [2.45, 2.75) is 32.2 Å². The maximum Gasteiger partial charge on any atom is 0.179 e. The molecule has 1 fully saturated rings. The zero-order chi connectivity index (χ0) is 11.3. The minimum absolute atomic E-state index is 0.0731. The molecule has 4 heteroatoms. The SMILES string of the molecule is CC(C)(C1CC1)n1c(=S)[nH]c2cccnc21. The Morgan fingerprint density at radius 3 is 2.94 bits per heavy atom. The molecule has 2 heterocycles. The maximum absolute atomic E-state index is 5.42. The molecule has 0 aromatic carbocycles. The number of fused-ring (bicyclic) bond motifs is 1. The van der Waals surface area contributed by atoms with Gasteiger partial charge < -0.3 is 4.98 Å². The number of aromatic nitrogens is 3. The predicted octanol–water partition coefficient (Wildman–Crippen LogP) is 3.24. The summed E-state index contributed by atoms with van der Waals surface area (Å²) < 4.78 is 2.96. The fourth-order valence-electron chi connectivity index (χ4n) is 2.45. The smallest absolute Gasteiger partial charge is 0.179 e. The molecule has 0 atom stereocenters. The van der Waals surface area contributed by atoms with Gasteiger partial charge in [-0.1, -0.05) is 0 Å². The first-order valence-electron chi connectivity index (χ1n) is 5.67. The van der Waals surface area contributed by atoms with Crippen molar-refractivity contribution in [1.29, 1.82) is 0 Å². The Kier molecular flexibility index (Phi) is 1.98. The summed E-state index contributed by atoms with van der Waals surface area (Å²) in [4.78, 5) is 7.67. The Morgan fingerprint density at radius 1 is 1.50 bits per heavy atom. The highest BCUT2D eigenvalue weighted by molar-refractivity contribution is 7.71. The normalized spacial score (nSPS) is 16.9. The Labute approximate surface area is 99.5 Å². The second-order valence-electron chi connectivity index (χ2n) is 5.07. The average Bonchev–Trinajstić information content (AvgIpc) is 3.00. The number of imidazole rings is 1. The molecule has 16 heavy (non-hydrogen) atoms. The van der Waals surface area contributed by atoms with E-state index in [2.05, 4.69) is 28.4 Å². The first-order valence-corrected chi connectivity index (χ1v) is 6.08. The molecule has 1 aliphatic carbocycles. The summed E-state index contributed by atoms with van der Waals surface area (Å²) in [6.45, 7) is 4.50. The van der Waals surface area contributed by atoms with E-state index in [1.807, 2.05) is 18.3 Å². The van der Waals surface area contributed by atoms with Gasteiger partial charge in [0.25, 0.3) is 0 Å². The van der Waals surface area contributed by atoms with Gasteiger partial charge in [-0.2, -0.15) is 0 Å². The topological polar surface area (TPSA) is 33.6 Å². The van der Waals surface area contributed by atoms with Crippen LogP contribution in [0.2, 0.25) is 0 Å². The van der Waals surface area contributed by atoms with Gasteiger partial charge in [0.2, 0.25) is 0 Å². The van der Waals surface area contributed by atoms with Gasteiger partial charge in [0.05, 0.1) is 5.52 Å². The van der Waals surface area contributed by atoms with Gasteiger partial charge in [-0.3, -0.25) is 4.57 Å². The Hall–Kier alpha value is -1.16. The number of rotatable bonds is 2. The van der Waals surface area contributed by atoms with Gasteiger partial charge >= 0.3 is 0 Å². The minimum atomic E-state index is 0.0731. The van der Waals surface area contributed by atoms with Crippen molar-refractivity contribution in [3.63, 3.8) is 0 Å². The predicted molar refractivity (Wildman–Crippen MR) is 67.0 cm³/mol. The van der Waals surface area contributed by atoms with Crippen LogP contribution < -0.4 is 0 Å². The number of aromatic amines is 1. The molecule has 2 aromatic rings. The highest BCUT2D eigenvalue weighted by Crippen LogP contribution is 2.44. The summed E-state index contributed by atoms with van der Waals surface area (Å²) in [6.07, 6.45) is 4.42. The molecule has 3 rings (SSSR count). The molecule has 1 N–H and O–H groups in total. The molecule has 1 saturated carbocycles. The largest absolute Gasteiger partial charge is 0.329 e. The lowest BCUT2D eigenvalue weighted by molar-refractivity contribution is 0.308. The molecule has 0 spiro atoms. The van der Waals surface area contributed by atoms with Gasteiger partial charge in [0, 0.05) is 11.7 Å². The summed E-state index contributed by atoms with van der Waals surface area (Å²) in [5, 5.41) is 0. The maximum atomic E-state index is 5.42. The number of hydrogen-bond acceptors (Lipinski definition) is 2. The van der Waals surface area contributed by atoms with Crippen LogP contribution in [0.5, 0.6) is 0 Å². The lowest BCUT2D eigenvalue weighted by Gasteiger charge is -2.26. The van der Waals surface area contributed by atoms with E-state index in [4.69, 9.17) is 12.2 Å². The molecule has 0 unspecified atom stereocenters. The fraction of sp³-hybridized carbons (Fsp3) is 0.500. The monoisotopic (exact) mass is 233 g/mol. The Bertz CT molecular complexity index is 590. The van der Waals surface area contributed by atoms with E-state index < -0.39 is 0 Å². The van der Waals surface area contributed by atoms with Crippen molar-refractivity contribution >= 4 is 23.4 Å². The van der Waals surface area contributed by atoms with Gasteiger partial charge in [0.1, 0.15) is 0 Å². The first-order chi connectivity index (χ1) is 7.60. The van der Waals surface area contributed by atoms with E-state index in [9.17, 15) is 0 Å². The van der Waals surface area contributed by atoms with Crippen LogP contribution in [0.1, 0.15) is 26.7 Å². The van der Waals surface area contributed by atoms with Crippen LogP contribution in [0.3, 0.4) is 0 Å². The van der Waals surface area contributed by atoms with Crippen LogP contribution in [0, 0.1) is 10.7 Å². The molecule has 1 aliphatic rings. The van der Waals surface area contributed by atoms with E-state index in [1.54, 1.807) is 0 Å². The fourth-order valence-corrected chi connectivity index (χ4v) is 2.88. The highest BCUT2D eigenvalue weighted by Gasteiger charge is 2.40. The summed E-state index contributed by atoms with van der Waals surface area (Å²) in [7, 11) is 0. The van der Waals surface area contributed by atoms with Gasteiger partial charge in [-0.05, 0) is 57.0 Å². The van der Waals surface area contributed by atoms with Crippen molar-refractivity contribution in [3.8, 4) is 0 Å². The molecule has 0 amide bonds. The molecule has 0 aliphatic heterocycles. The summed E-state index contributed by atoms with van der Waals surface area (Å²) in [5.41, 5.74) is 2.08.